The zero-order valence-electron chi connectivity index (χ0n) is 19.2. The lowest BCUT2D eigenvalue weighted by molar-refractivity contribution is -0.126. The lowest BCUT2D eigenvalue weighted by Gasteiger charge is -2.17. The second-order valence-corrected chi connectivity index (χ2v) is 9.31. The number of hydrogen-bond donors (Lipinski definition) is 2. The van der Waals surface area contributed by atoms with Gasteiger partial charge in [-0.2, -0.15) is 0 Å². The first-order valence-electron chi connectivity index (χ1n) is 11.1. The highest BCUT2D eigenvalue weighted by atomic mass is 32.1. The molecule has 7 nitrogen and oxygen atoms in total. The number of aryl methyl sites for hydroxylation is 1. The van der Waals surface area contributed by atoms with Crippen molar-refractivity contribution in [1.82, 2.24) is 5.32 Å². The molecule has 176 valence electrons. The van der Waals surface area contributed by atoms with Crippen LogP contribution in [0.15, 0.2) is 60.0 Å². The minimum absolute atomic E-state index is 0.0853. The van der Waals surface area contributed by atoms with Crippen LogP contribution < -0.4 is 20.3 Å². The summed E-state index contributed by atoms with van der Waals surface area (Å²) in [5, 5.41) is 7.74. The van der Waals surface area contributed by atoms with Crippen molar-refractivity contribution in [2.24, 2.45) is 5.92 Å². The lowest BCUT2D eigenvalue weighted by atomic mass is 10.1. The van der Waals surface area contributed by atoms with Gasteiger partial charge in [0.05, 0.1) is 12.5 Å². The normalized spacial score (nSPS) is 15.3. The Morgan fingerprint density at radius 2 is 1.88 bits per heavy atom. The van der Waals surface area contributed by atoms with E-state index in [4.69, 9.17) is 4.74 Å². The third-order valence-corrected chi connectivity index (χ3v) is 6.79. The molecule has 2 aromatic carbocycles. The molecule has 0 spiro atoms. The van der Waals surface area contributed by atoms with Crippen molar-refractivity contribution >= 4 is 40.4 Å². The van der Waals surface area contributed by atoms with Gasteiger partial charge in [0, 0.05) is 29.2 Å². The van der Waals surface area contributed by atoms with Crippen molar-refractivity contribution in [3.63, 3.8) is 0 Å². The summed E-state index contributed by atoms with van der Waals surface area (Å²) < 4.78 is 5.60. The molecule has 2 heterocycles. The van der Waals surface area contributed by atoms with Gasteiger partial charge in [0.15, 0.2) is 6.61 Å². The summed E-state index contributed by atoms with van der Waals surface area (Å²) in [6.45, 7) is 4.65. The van der Waals surface area contributed by atoms with Crippen LogP contribution in [0.2, 0.25) is 0 Å². The van der Waals surface area contributed by atoms with E-state index in [1.165, 1.54) is 0 Å². The van der Waals surface area contributed by atoms with E-state index in [1.807, 2.05) is 49.6 Å². The second kappa shape index (κ2) is 10.5. The molecule has 2 N–H and O–H groups in total. The molecule has 1 aliphatic rings. The average Bonchev–Trinajstić information content (AvgIpc) is 3.49. The predicted molar refractivity (Wildman–Crippen MR) is 133 cm³/mol. The summed E-state index contributed by atoms with van der Waals surface area (Å²) in [4.78, 5) is 40.0. The molecule has 1 aliphatic heterocycles. The van der Waals surface area contributed by atoms with Crippen LogP contribution in [-0.2, 0) is 20.9 Å². The van der Waals surface area contributed by atoms with Gasteiger partial charge >= 0.3 is 0 Å². The number of hydrogen-bond acceptors (Lipinski definition) is 5. The summed E-state index contributed by atoms with van der Waals surface area (Å²) in [7, 11) is 0. The van der Waals surface area contributed by atoms with Gasteiger partial charge in [-0.15, -0.1) is 11.3 Å². The maximum Gasteiger partial charge on any atom is 0.262 e. The Labute approximate surface area is 202 Å². The molecule has 0 radical (unpaired) electrons. The van der Waals surface area contributed by atoms with E-state index < -0.39 is 0 Å². The molecule has 0 saturated carbocycles. The van der Waals surface area contributed by atoms with Gasteiger partial charge in [-0.3, -0.25) is 14.4 Å². The van der Waals surface area contributed by atoms with Crippen molar-refractivity contribution in [2.75, 3.05) is 23.4 Å². The minimum atomic E-state index is -0.378. The molecule has 0 unspecified atom stereocenters. The van der Waals surface area contributed by atoms with Crippen molar-refractivity contribution in [1.29, 1.82) is 0 Å². The highest BCUT2D eigenvalue weighted by molar-refractivity contribution is 7.09. The number of anilines is 2. The summed E-state index contributed by atoms with van der Waals surface area (Å²) in [5.74, 6) is -0.297. The van der Waals surface area contributed by atoms with Crippen LogP contribution in [-0.4, -0.2) is 30.9 Å². The summed E-state index contributed by atoms with van der Waals surface area (Å²) in [6.07, 6.45) is 0.188. The van der Waals surface area contributed by atoms with Crippen molar-refractivity contribution < 1.29 is 19.1 Å². The van der Waals surface area contributed by atoms with Gasteiger partial charge in [0.1, 0.15) is 5.75 Å². The first-order chi connectivity index (χ1) is 16.4. The summed E-state index contributed by atoms with van der Waals surface area (Å²) in [5.41, 5.74) is 3.60. The van der Waals surface area contributed by atoms with Crippen LogP contribution in [0, 0.1) is 19.8 Å². The molecule has 1 atom stereocenters. The molecule has 3 amide bonds. The Hall–Kier alpha value is -3.65. The lowest BCUT2D eigenvalue weighted by Crippen LogP contribution is -2.32. The Bertz CT molecular complexity index is 1180. The highest BCUT2D eigenvalue weighted by Gasteiger charge is 2.35. The van der Waals surface area contributed by atoms with E-state index in [1.54, 1.807) is 40.5 Å². The molecule has 0 bridgehead atoms. The second-order valence-electron chi connectivity index (χ2n) is 8.28. The Morgan fingerprint density at radius 1 is 1.09 bits per heavy atom. The van der Waals surface area contributed by atoms with Crippen LogP contribution in [0.1, 0.15) is 22.4 Å². The molecule has 3 aromatic rings. The summed E-state index contributed by atoms with van der Waals surface area (Å²) in [6, 6.07) is 16.6. The fourth-order valence-corrected chi connectivity index (χ4v) is 4.45. The monoisotopic (exact) mass is 477 g/mol. The molecule has 8 heteroatoms. The minimum Gasteiger partial charge on any atom is -0.484 e. The molecule has 1 aromatic heterocycles. The molecule has 0 aliphatic carbocycles. The van der Waals surface area contributed by atoms with Crippen LogP contribution in [0.4, 0.5) is 11.4 Å². The van der Waals surface area contributed by atoms with E-state index in [-0.39, 0.29) is 36.7 Å². The number of ether oxygens (including phenoxy) is 1. The number of carbonyl (C=O) groups is 3. The zero-order valence-corrected chi connectivity index (χ0v) is 20.0. The van der Waals surface area contributed by atoms with E-state index in [9.17, 15) is 14.4 Å². The molecule has 4 rings (SSSR count). The molecular weight excluding hydrogens is 450 g/mol. The van der Waals surface area contributed by atoms with E-state index in [0.717, 1.165) is 21.7 Å². The molecule has 1 fully saturated rings. The van der Waals surface area contributed by atoms with Gasteiger partial charge in [0.2, 0.25) is 11.8 Å². The maximum absolute atomic E-state index is 12.5. The average molecular weight is 478 g/mol. The Kier molecular flexibility index (Phi) is 7.27. The first-order valence-corrected chi connectivity index (χ1v) is 12.0. The first kappa shape index (κ1) is 23.5. The highest BCUT2D eigenvalue weighted by Crippen LogP contribution is 2.27. The predicted octanol–water partition coefficient (Wildman–Crippen LogP) is 4.05. The Morgan fingerprint density at radius 3 is 2.62 bits per heavy atom. The standard InChI is InChI=1S/C26H27N3O4S/c1-17-5-3-7-23(18(17)2)28-24(30)16-33-21-10-8-20(9-11-21)29-15-19(13-25(29)31)26(32)27-14-22-6-4-12-34-22/h3-12,19H,13-16H2,1-2H3,(H,27,32)(H,28,30)/t19-/m1/s1. The number of benzene rings is 2. The number of rotatable bonds is 8. The van der Waals surface area contributed by atoms with E-state index >= 15 is 0 Å². The fourth-order valence-electron chi connectivity index (χ4n) is 3.81. The molecule has 1 saturated heterocycles. The number of nitrogens with zero attached hydrogens (tertiary/aromatic N) is 1. The third kappa shape index (κ3) is 5.63. The molecule has 34 heavy (non-hydrogen) atoms. The number of thiophene rings is 1. The van der Waals surface area contributed by atoms with Crippen LogP contribution in [0.3, 0.4) is 0 Å². The van der Waals surface area contributed by atoms with E-state index in [0.29, 0.717) is 24.5 Å². The van der Waals surface area contributed by atoms with Crippen LogP contribution >= 0.6 is 11.3 Å². The van der Waals surface area contributed by atoms with Gasteiger partial charge in [-0.05, 0) is 66.8 Å². The quantitative estimate of drug-likeness (QED) is 0.512. The van der Waals surface area contributed by atoms with Gasteiger partial charge in [0.25, 0.3) is 5.91 Å². The van der Waals surface area contributed by atoms with Crippen LogP contribution in [0.25, 0.3) is 0 Å². The van der Waals surface area contributed by atoms with E-state index in [2.05, 4.69) is 10.6 Å². The third-order valence-electron chi connectivity index (χ3n) is 5.91. The number of carbonyl (C=O) groups excluding carboxylic acids is 3. The number of nitrogens with one attached hydrogen (secondary N) is 2. The maximum atomic E-state index is 12.5. The van der Waals surface area contributed by atoms with Crippen molar-refractivity contribution in [3.05, 3.63) is 76.0 Å². The smallest absolute Gasteiger partial charge is 0.262 e. The van der Waals surface area contributed by atoms with Crippen LogP contribution in [0.5, 0.6) is 5.75 Å². The van der Waals surface area contributed by atoms with Crippen molar-refractivity contribution in [2.45, 2.75) is 26.8 Å². The van der Waals surface area contributed by atoms with Gasteiger partial charge in [-0.1, -0.05) is 18.2 Å². The number of amides is 3. The SMILES string of the molecule is Cc1cccc(NC(=O)COc2ccc(N3C[C@H](C(=O)NCc4cccs4)CC3=O)cc2)c1C. The Balaban J connectivity index is 1.28. The molecular formula is C26H27N3O4S. The zero-order chi connectivity index (χ0) is 24.1. The topological polar surface area (TPSA) is 87.7 Å². The largest absolute Gasteiger partial charge is 0.484 e. The fraction of sp³-hybridized carbons (Fsp3) is 0.269. The van der Waals surface area contributed by atoms with Gasteiger partial charge in [-0.25, -0.2) is 0 Å². The van der Waals surface area contributed by atoms with Crippen molar-refractivity contribution in [3.8, 4) is 5.75 Å². The van der Waals surface area contributed by atoms with Gasteiger partial charge < -0.3 is 20.3 Å². The summed E-state index contributed by atoms with van der Waals surface area (Å²) >= 11 is 1.58.